The molecule has 0 radical (unpaired) electrons. The van der Waals surface area contributed by atoms with Gasteiger partial charge in [-0.1, -0.05) is 34.1 Å². The normalized spacial score (nSPS) is 10.4. The Bertz CT molecular complexity index is 519. The summed E-state index contributed by atoms with van der Waals surface area (Å²) in [6, 6.07) is 7.45. The van der Waals surface area contributed by atoms with Crippen LogP contribution in [0, 0.1) is 0 Å². The van der Waals surface area contributed by atoms with Crippen LogP contribution in [0.15, 0.2) is 41.1 Å². The van der Waals surface area contributed by atoms with Gasteiger partial charge in [0.05, 0.1) is 6.20 Å². The van der Waals surface area contributed by atoms with Gasteiger partial charge in [0.25, 0.3) is 0 Å². The highest BCUT2D eigenvalue weighted by Gasteiger charge is 2.10. The molecule has 1 aromatic carbocycles. The third-order valence-corrected chi connectivity index (χ3v) is 2.99. The van der Waals surface area contributed by atoms with Gasteiger partial charge in [-0.25, -0.2) is 0 Å². The molecule has 82 valence electrons. The molecule has 16 heavy (non-hydrogen) atoms. The number of ketones is 1. The van der Waals surface area contributed by atoms with Gasteiger partial charge in [0.2, 0.25) is 0 Å². The van der Waals surface area contributed by atoms with Crippen molar-refractivity contribution in [3.8, 4) is 0 Å². The molecule has 0 spiro atoms. The molecule has 0 atom stereocenters. The third-order valence-electron chi connectivity index (χ3n) is 2.30. The summed E-state index contributed by atoms with van der Waals surface area (Å²) in [7, 11) is 1.84. The summed E-state index contributed by atoms with van der Waals surface area (Å²) in [4.78, 5) is 12.0. The van der Waals surface area contributed by atoms with E-state index in [-0.39, 0.29) is 5.78 Å². The molecular formula is C12H11BrN2O. The van der Waals surface area contributed by atoms with E-state index in [1.165, 1.54) is 0 Å². The first-order valence-corrected chi connectivity index (χ1v) is 5.71. The molecule has 0 fully saturated rings. The first kappa shape index (κ1) is 11.1. The zero-order valence-corrected chi connectivity index (χ0v) is 10.4. The molecule has 0 saturated heterocycles. The van der Waals surface area contributed by atoms with Gasteiger partial charge in [0.15, 0.2) is 5.78 Å². The Labute approximate surface area is 102 Å². The van der Waals surface area contributed by atoms with Crippen molar-refractivity contribution in [3.05, 3.63) is 52.3 Å². The highest BCUT2D eigenvalue weighted by molar-refractivity contribution is 9.10. The lowest BCUT2D eigenvalue weighted by molar-refractivity contribution is 0.0992. The van der Waals surface area contributed by atoms with Gasteiger partial charge in [-0.05, 0) is 11.6 Å². The summed E-state index contributed by atoms with van der Waals surface area (Å²) in [5, 5.41) is 4.04. The molecule has 4 heteroatoms. The van der Waals surface area contributed by atoms with Gasteiger partial charge >= 0.3 is 0 Å². The fourth-order valence-corrected chi connectivity index (χ4v) is 2.04. The monoisotopic (exact) mass is 278 g/mol. The molecule has 0 unspecified atom stereocenters. The van der Waals surface area contributed by atoms with E-state index in [4.69, 9.17) is 0 Å². The minimum atomic E-state index is 0.0977. The molecule has 2 rings (SSSR count). The number of Topliss-reactive ketones (excluding diaryl/α,β-unsaturated/α-hetero) is 1. The van der Waals surface area contributed by atoms with Gasteiger partial charge in [0.1, 0.15) is 0 Å². The van der Waals surface area contributed by atoms with Gasteiger partial charge < -0.3 is 0 Å². The topological polar surface area (TPSA) is 34.9 Å². The number of rotatable bonds is 3. The van der Waals surface area contributed by atoms with Crippen LogP contribution >= 0.6 is 15.9 Å². The van der Waals surface area contributed by atoms with Crippen LogP contribution in [0.2, 0.25) is 0 Å². The quantitative estimate of drug-likeness (QED) is 0.809. The molecular weight excluding hydrogens is 268 g/mol. The molecule has 1 aromatic heterocycles. The maximum Gasteiger partial charge on any atom is 0.168 e. The van der Waals surface area contributed by atoms with E-state index in [2.05, 4.69) is 21.0 Å². The number of aromatic nitrogens is 2. The van der Waals surface area contributed by atoms with Crippen molar-refractivity contribution in [1.29, 1.82) is 0 Å². The largest absolute Gasteiger partial charge is 0.294 e. The van der Waals surface area contributed by atoms with E-state index in [0.29, 0.717) is 12.0 Å². The van der Waals surface area contributed by atoms with Crippen molar-refractivity contribution in [2.75, 3.05) is 0 Å². The number of halogens is 1. The molecule has 0 aliphatic heterocycles. The van der Waals surface area contributed by atoms with E-state index in [9.17, 15) is 4.79 Å². The molecule has 3 nitrogen and oxygen atoms in total. The average Bonchev–Trinajstić information content (AvgIpc) is 2.64. The minimum Gasteiger partial charge on any atom is -0.294 e. The predicted octanol–water partition coefficient (Wildman–Crippen LogP) is 2.61. The molecule has 0 aliphatic carbocycles. The maximum absolute atomic E-state index is 12.0. The molecule has 0 amide bonds. The molecule has 2 aromatic rings. The summed E-state index contributed by atoms with van der Waals surface area (Å²) in [5.74, 6) is 0.0977. The lowest BCUT2D eigenvalue weighted by Gasteiger charge is -2.01. The standard InChI is InChI=1S/C12H11BrN2O/c1-15-8-9(7-14-15)6-12(16)10-4-2-3-5-11(10)13/h2-5,7-8H,6H2,1H3. The number of nitrogens with zero attached hydrogens (tertiary/aromatic N) is 2. The fourth-order valence-electron chi connectivity index (χ4n) is 1.53. The number of hydrogen-bond acceptors (Lipinski definition) is 2. The van der Waals surface area contributed by atoms with Crippen LogP contribution in [-0.2, 0) is 13.5 Å². The molecule has 0 N–H and O–H groups in total. The van der Waals surface area contributed by atoms with Crippen LogP contribution in [0.25, 0.3) is 0 Å². The smallest absolute Gasteiger partial charge is 0.168 e. The maximum atomic E-state index is 12.0. The lowest BCUT2D eigenvalue weighted by atomic mass is 10.1. The van der Waals surface area contributed by atoms with Crippen molar-refractivity contribution in [2.24, 2.45) is 7.05 Å². The van der Waals surface area contributed by atoms with Crippen LogP contribution < -0.4 is 0 Å². The second-order valence-electron chi connectivity index (χ2n) is 3.60. The van der Waals surface area contributed by atoms with Crippen LogP contribution in [0.1, 0.15) is 15.9 Å². The Hall–Kier alpha value is -1.42. The second kappa shape index (κ2) is 4.61. The van der Waals surface area contributed by atoms with Crippen molar-refractivity contribution in [3.63, 3.8) is 0 Å². The van der Waals surface area contributed by atoms with Crippen molar-refractivity contribution in [2.45, 2.75) is 6.42 Å². The summed E-state index contributed by atoms with van der Waals surface area (Å²) in [6.45, 7) is 0. The van der Waals surface area contributed by atoms with Gasteiger partial charge in [-0.15, -0.1) is 0 Å². The average molecular weight is 279 g/mol. The summed E-state index contributed by atoms with van der Waals surface area (Å²) in [5.41, 5.74) is 1.65. The van der Waals surface area contributed by atoms with Crippen molar-refractivity contribution in [1.82, 2.24) is 9.78 Å². The lowest BCUT2D eigenvalue weighted by Crippen LogP contribution is -2.03. The second-order valence-corrected chi connectivity index (χ2v) is 4.46. The van der Waals surface area contributed by atoms with Crippen LogP contribution in [-0.4, -0.2) is 15.6 Å². The van der Waals surface area contributed by atoms with Gasteiger partial charge in [0, 0.05) is 29.7 Å². The number of aryl methyl sites for hydroxylation is 1. The zero-order chi connectivity index (χ0) is 11.5. The summed E-state index contributed by atoms with van der Waals surface area (Å²) < 4.78 is 2.53. The fraction of sp³-hybridized carbons (Fsp3) is 0.167. The Morgan fingerprint density at radius 1 is 1.44 bits per heavy atom. The SMILES string of the molecule is Cn1cc(CC(=O)c2ccccc2Br)cn1. The van der Waals surface area contributed by atoms with E-state index in [1.807, 2.05) is 37.5 Å². The van der Waals surface area contributed by atoms with E-state index in [1.54, 1.807) is 10.9 Å². The Morgan fingerprint density at radius 3 is 2.81 bits per heavy atom. The minimum absolute atomic E-state index is 0.0977. The van der Waals surface area contributed by atoms with Crippen molar-refractivity contribution < 1.29 is 4.79 Å². The number of carbonyl (C=O) groups excluding carboxylic acids is 1. The first-order chi connectivity index (χ1) is 7.66. The highest BCUT2D eigenvalue weighted by Crippen LogP contribution is 2.17. The Morgan fingerprint density at radius 2 is 2.19 bits per heavy atom. The molecule has 0 bridgehead atoms. The van der Waals surface area contributed by atoms with Crippen LogP contribution in [0.3, 0.4) is 0 Å². The predicted molar refractivity (Wildman–Crippen MR) is 65.4 cm³/mol. The first-order valence-electron chi connectivity index (χ1n) is 4.92. The van der Waals surface area contributed by atoms with E-state index < -0.39 is 0 Å². The number of carbonyl (C=O) groups is 1. The van der Waals surface area contributed by atoms with E-state index >= 15 is 0 Å². The van der Waals surface area contributed by atoms with Crippen LogP contribution in [0.5, 0.6) is 0 Å². The summed E-state index contributed by atoms with van der Waals surface area (Å²) in [6.07, 6.45) is 3.96. The molecule has 1 heterocycles. The highest BCUT2D eigenvalue weighted by atomic mass is 79.9. The number of hydrogen-bond donors (Lipinski definition) is 0. The van der Waals surface area contributed by atoms with E-state index in [0.717, 1.165) is 10.0 Å². The molecule has 0 saturated carbocycles. The molecule has 0 aliphatic rings. The Kier molecular flexibility index (Phi) is 3.19. The van der Waals surface area contributed by atoms with Gasteiger partial charge in [-0.3, -0.25) is 9.48 Å². The third kappa shape index (κ3) is 2.39. The Balaban J connectivity index is 2.18. The van der Waals surface area contributed by atoms with Crippen LogP contribution in [0.4, 0.5) is 0 Å². The zero-order valence-electron chi connectivity index (χ0n) is 8.85. The number of benzene rings is 1. The van der Waals surface area contributed by atoms with Gasteiger partial charge in [-0.2, -0.15) is 5.10 Å². The summed E-state index contributed by atoms with van der Waals surface area (Å²) >= 11 is 3.37. The van der Waals surface area contributed by atoms with Crippen molar-refractivity contribution >= 4 is 21.7 Å².